The Kier molecular flexibility index (Phi) is 7.82. The second-order valence-electron chi connectivity index (χ2n) is 9.43. The second kappa shape index (κ2) is 12.0. The van der Waals surface area contributed by atoms with E-state index in [1.807, 2.05) is 86.6 Å². The molecule has 0 bridgehead atoms. The number of fused-ring (bicyclic) bond motifs is 2. The molecule has 6 aromatic rings. The van der Waals surface area contributed by atoms with Gasteiger partial charge in [0.2, 0.25) is 0 Å². The molecule has 0 heterocycles. The normalized spacial score (nSPS) is 11.6. The van der Waals surface area contributed by atoms with Crippen LogP contribution in [-0.4, -0.2) is 0 Å². The highest BCUT2D eigenvalue weighted by Crippen LogP contribution is 2.48. The summed E-state index contributed by atoms with van der Waals surface area (Å²) < 4.78 is 24.8. The number of aryl methyl sites for hydroxylation is 2. The molecule has 6 rings (SSSR count). The predicted octanol–water partition coefficient (Wildman–Crippen LogP) is 10.2. The van der Waals surface area contributed by atoms with Crippen molar-refractivity contribution >= 4 is 39.6 Å². The van der Waals surface area contributed by atoms with Crippen molar-refractivity contribution in [2.24, 2.45) is 0 Å². The fraction of sp³-hybridized carbons (Fsp3) is 0.0588. The van der Waals surface area contributed by atoms with Gasteiger partial charge in [0, 0.05) is 11.1 Å². The molecule has 40 heavy (non-hydrogen) atoms. The molecular formula is C34H28O4P2. The summed E-state index contributed by atoms with van der Waals surface area (Å²) in [6, 6.07) is 40.8. The maximum Gasteiger partial charge on any atom is 0.275 e. The Hall–Kier alpha value is -4.10. The molecule has 0 aromatic heterocycles. The van der Waals surface area contributed by atoms with Crippen LogP contribution in [0.3, 0.4) is 0 Å². The molecule has 0 saturated carbocycles. The predicted molar refractivity (Wildman–Crippen MR) is 168 cm³/mol. The van der Waals surface area contributed by atoms with Crippen LogP contribution in [-0.2, 0) is 0 Å². The molecule has 0 N–H and O–H groups in total. The van der Waals surface area contributed by atoms with Crippen molar-refractivity contribution in [1.29, 1.82) is 0 Å². The fourth-order valence-electron chi connectivity index (χ4n) is 4.75. The van der Waals surface area contributed by atoms with Crippen molar-refractivity contribution in [2.45, 2.75) is 13.8 Å². The molecule has 198 valence electrons. The number of rotatable bonds is 9. The molecule has 2 atom stereocenters. The third-order valence-electron chi connectivity index (χ3n) is 6.83. The van der Waals surface area contributed by atoms with Crippen LogP contribution in [0.2, 0.25) is 0 Å². The second-order valence-corrected chi connectivity index (χ2v) is 10.6. The number of hydrogen-bond donors (Lipinski definition) is 0. The van der Waals surface area contributed by atoms with Crippen LogP contribution in [0.5, 0.6) is 23.0 Å². The highest BCUT2D eigenvalue weighted by atomic mass is 31.1. The summed E-state index contributed by atoms with van der Waals surface area (Å²) in [5, 5.41) is 4.38. The van der Waals surface area contributed by atoms with Crippen LogP contribution in [0.1, 0.15) is 11.1 Å². The van der Waals surface area contributed by atoms with Crippen LogP contribution in [0, 0.1) is 13.8 Å². The number of hydrogen-bond acceptors (Lipinski definition) is 4. The van der Waals surface area contributed by atoms with Crippen LogP contribution in [0.15, 0.2) is 121 Å². The highest BCUT2D eigenvalue weighted by molar-refractivity contribution is 7.27. The summed E-state index contributed by atoms with van der Waals surface area (Å²) in [6.07, 6.45) is 0. The number of benzene rings is 6. The first-order valence-electron chi connectivity index (χ1n) is 13.0. The maximum atomic E-state index is 6.37. The van der Waals surface area contributed by atoms with Crippen LogP contribution in [0.4, 0.5) is 0 Å². The van der Waals surface area contributed by atoms with E-state index in [0.29, 0.717) is 0 Å². The molecule has 0 amide bonds. The zero-order valence-corrected chi connectivity index (χ0v) is 24.2. The van der Waals surface area contributed by atoms with Gasteiger partial charge in [-0.15, -0.1) is 0 Å². The minimum Gasteiger partial charge on any atom is -0.440 e. The zero-order valence-electron chi connectivity index (χ0n) is 22.2. The first kappa shape index (κ1) is 26.1. The Morgan fingerprint density at radius 2 is 0.750 bits per heavy atom. The van der Waals surface area contributed by atoms with E-state index in [2.05, 4.69) is 48.5 Å². The molecule has 2 unspecified atom stereocenters. The quantitative estimate of drug-likeness (QED) is 0.164. The van der Waals surface area contributed by atoms with Gasteiger partial charge in [-0.05, 0) is 70.8 Å². The van der Waals surface area contributed by atoms with Gasteiger partial charge in [0.15, 0.2) is 0 Å². The first-order chi connectivity index (χ1) is 19.7. The van der Waals surface area contributed by atoms with Gasteiger partial charge < -0.3 is 18.1 Å². The van der Waals surface area contributed by atoms with Gasteiger partial charge in [-0.25, -0.2) is 0 Å². The van der Waals surface area contributed by atoms with Crippen molar-refractivity contribution in [1.82, 2.24) is 0 Å². The van der Waals surface area contributed by atoms with E-state index in [4.69, 9.17) is 18.1 Å². The van der Waals surface area contributed by atoms with Crippen LogP contribution in [0.25, 0.3) is 32.7 Å². The van der Waals surface area contributed by atoms with E-state index in [-0.39, 0.29) is 18.1 Å². The van der Waals surface area contributed by atoms with Gasteiger partial charge in [-0.1, -0.05) is 97.1 Å². The summed E-state index contributed by atoms with van der Waals surface area (Å²) in [5.74, 6) is 3.09. The van der Waals surface area contributed by atoms with Crippen molar-refractivity contribution in [3.63, 3.8) is 0 Å². The fourth-order valence-corrected chi connectivity index (χ4v) is 5.99. The van der Waals surface area contributed by atoms with Crippen LogP contribution >= 0.6 is 18.1 Å². The van der Waals surface area contributed by atoms with E-state index in [1.54, 1.807) is 0 Å². The highest BCUT2D eigenvalue weighted by Gasteiger charge is 2.20. The SMILES string of the molecule is Cc1ccccc1OPOc1ccc2ccccc2c1-c1c(OPOc2ccccc2C)ccc2ccccc12. The van der Waals surface area contributed by atoms with Gasteiger partial charge in [-0.3, -0.25) is 0 Å². The van der Waals surface area contributed by atoms with Crippen LogP contribution < -0.4 is 18.1 Å². The van der Waals surface area contributed by atoms with Crippen molar-refractivity contribution in [2.75, 3.05) is 0 Å². The smallest absolute Gasteiger partial charge is 0.275 e. The zero-order chi connectivity index (χ0) is 27.3. The Bertz CT molecular complexity index is 1670. The van der Waals surface area contributed by atoms with E-state index in [9.17, 15) is 0 Å². The lowest BCUT2D eigenvalue weighted by atomic mass is 9.92. The van der Waals surface area contributed by atoms with Gasteiger partial charge in [-0.2, -0.15) is 0 Å². The van der Waals surface area contributed by atoms with E-state index < -0.39 is 0 Å². The monoisotopic (exact) mass is 562 g/mol. The Morgan fingerprint density at radius 3 is 1.20 bits per heavy atom. The molecule has 6 heteroatoms. The van der Waals surface area contributed by atoms with Crippen molar-refractivity contribution in [3.8, 4) is 34.1 Å². The Labute approximate surface area is 237 Å². The average molecular weight is 563 g/mol. The molecule has 0 aliphatic carbocycles. The Balaban J connectivity index is 1.42. The topological polar surface area (TPSA) is 36.9 Å². The first-order valence-corrected chi connectivity index (χ1v) is 14.6. The molecule has 0 spiro atoms. The number of para-hydroxylation sites is 2. The van der Waals surface area contributed by atoms with Gasteiger partial charge >= 0.3 is 0 Å². The summed E-state index contributed by atoms with van der Waals surface area (Å²) in [6.45, 7) is 4.06. The largest absolute Gasteiger partial charge is 0.440 e. The minimum absolute atomic E-state index is 0.214. The van der Waals surface area contributed by atoms with Crippen molar-refractivity contribution in [3.05, 3.63) is 132 Å². The average Bonchev–Trinajstić information content (AvgIpc) is 2.99. The van der Waals surface area contributed by atoms with Crippen molar-refractivity contribution < 1.29 is 18.1 Å². The van der Waals surface area contributed by atoms with Gasteiger partial charge in [0.25, 0.3) is 18.1 Å². The third kappa shape index (κ3) is 5.47. The molecule has 0 saturated heterocycles. The van der Waals surface area contributed by atoms with Gasteiger partial charge in [0.05, 0.1) is 0 Å². The van der Waals surface area contributed by atoms with E-state index in [1.165, 1.54) is 0 Å². The molecule has 0 aliphatic rings. The Morgan fingerprint density at radius 1 is 0.375 bits per heavy atom. The molecule has 0 aliphatic heterocycles. The molecule has 0 radical (unpaired) electrons. The summed E-state index contributed by atoms with van der Waals surface area (Å²) >= 11 is 0. The lowest BCUT2D eigenvalue weighted by Gasteiger charge is -2.19. The standard InChI is InChI=1S/C34H28O4P2/c1-23-11-3-9-17-29(23)35-39-37-31-21-19-25-13-5-7-15-27(25)33(31)34-28-16-8-6-14-26(28)20-22-32(34)38-40-36-30-18-10-4-12-24(30)2/h3-22,39-40H,1-2H3. The molecule has 0 fully saturated rings. The molecule has 4 nitrogen and oxygen atoms in total. The van der Waals surface area contributed by atoms with E-state index in [0.717, 1.165) is 66.8 Å². The third-order valence-corrected chi connectivity index (χ3v) is 8.04. The maximum absolute atomic E-state index is 6.37. The summed E-state index contributed by atoms with van der Waals surface area (Å²) in [4.78, 5) is 0. The van der Waals surface area contributed by atoms with Gasteiger partial charge in [0.1, 0.15) is 23.0 Å². The summed E-state index contributed by atoms with van der Waals surface area (Å²) in [5.41, 5.74) is 4.06. The van der Waals surface area contributed by atoms with E-state index >= 15 is 0 Å². The summed E-state index contributed by atoms with van der Waals surface area (Å²) in [7, 11) is -0.427. The molecular weight excluding hydrogens is 534 g/mol. The lowest BCUT2D eigenvalue weighted by molar-refractivity contribution is 0.510. The minimum atomic E-state index is -0.214. The molecule has 6 aromatic carbocycles. The lowest BCUT2D eigenvalue weighted by Crippen LogP contribution is -1.95.